The summed E-state index contributed by atoms with van der Waals surface area (Å²) in [5.41, 5.74) is 3.31. The Morgan fingerprint density at radius 3 is 2.46 bits per heavy atom. The van der Waals surface area contributed by atoms with Crippen LogP contribution in [-0.4, -0.2) is 38.6 Å². The molecule has 1 aliphatic rings. The Hall–Kier alpha value is -1.59. The normalized spacial score (nSPS) is 20.0. The number of hydrogen-bond acceptors (Lipinski definition) is 1. The number of nitrogens with one attached hydrogen (secondary N) is 3. The van der Waals surface area contributed by atoms with Gasteiger partial charge in [-0.1, -0.05) is 53.0 Å². The first-order chi connectivity index (χ1) is 12.5. The first-order valence-electron chi connectivity index (χ1n) is 8.97. The largest absolute Gasteiger partial charge is 0.322 e. The third-order valence-corrected chi connectivity index (χ3v) is 5.36. The minimum absolute atomic E-state index is 0.00800. The van der Waals surface area contributed by atoms with Gasteiger partial charge in [0.1, 0.15) is 32.7 Å². The number of carbonyl (C=O) groups excluding carboxylic acids is 1. The molecule has 6 heteroatoms. The summed E-state index contributed by atoms with van der Waals surface area (Å²) in [6.07, 6.45) is 0. The Kier molecular flexibility index (Phi) is 6.54. The fraction of sp³-hybridized carbons (Fsp3) is 0.350. The number of amides is 1. The van der Waals surface area contributed by atoms with E-state index >= 15 is 0 Å². The summed E-state index contributed by atoms with van der Waals surface area (Å²) < 4.78 is 0. The molecule has 0 aromatic heterocycles. The smallest absolute Gasteiger partial charge is 0.279 e. The zero-order valence-electron chi connectivity index (χ0n) is 14.9. The lowest BCUT2D eigenvalue weighted by Crippen LogP contribution is -3.28. The number of carbonyl (C=O) groups is 1. The first kappa shape index (κ1) is 19.2. The lowest BCUT2D eigenvalue weighted by Gasteiger charge is -2.29. The molecular weight excluding hydrogens is 369 g/mol. The van der Waals surface area contributed by atoms with Crippen molar-refractivity contribution in [2.75, 3.05) is 38.0 Å². The van der Waals surface area contributed by atoms with Crippen LogP contribution in [0.25, 0.3) is 0 Å². The van der Waals surface area contributed by atoms with E-state index in [1.165, 1.54) is 16.0 Å². The fourth-order valence-electron chi connectivity index (χ4n) is 3.43. The van der Waals surface area contributed by atoms with Crippen molar-refractivity contribution in [3.05, 3.63) is 63.6 Å². The number of benzene rings is 2. The van der Waals surface area contributed by atoms with E-state index in [4.69, 9.17) is 23.2 Å². The molecular formula is C20H25Cl2N3O+2. The molecule has 0 bridgehead atoms. The zero-order chi connectivity index (χ0) is 18.5. The average molecular weight is 394 g/mol. The van der Waals surface area contributed by atoms with Crippen LogP contribution in [-0.2, 0) is 11.3 Å². The number of anilines is 1. The Morgan fingerprint density at radius 1 is 1.04 bits per heavy atom. The van der Waals surface area contributed by atoms with Gasteiger partial charge in [-0.05, 0) is 25.1 Å². The lowest BCUT2D eigenvalue weighted by atomic mass is 10.1. The molecule has 0 unspecified atom stereocenters. The van der Waals surface area contributed by atoms with Crippen LogP contribution in [0.1, 0.15) is 11.1 Å². The van der Waals surface area contributed by atoms with E-state index in [0.29, 0.717) is 22.3 Å². The molecule has 0 spiro atoms. The van der Waals surface area contributed by atoms with Crippen molar-refractivity contribution in [1.29, 1.82) is 0 Å². The van der Waals surface area contributed by atoms with Crippen LogP contribution in [0, 0.1) is 6.92 Å². The third kappa shape index (κ3) is 5.45. The Bertz CT molecular complexity index is 773. The quantitative estimate of drug-likeness (QED) is 0.701. The van der Waals surface area contributed by atoms with E-state index in [1.54, 1.807) is 23.1 Å². The van der Waals surface area contributed by atoms with Gasteiger partial charge in [0.15, 0.2) is 6.54 Å². The number of hydrogen-bond donors (Lipinski definition) is 3. The number of quaternary nitrogens is 2. The van der Waals surface area contributed by atoms with Crippen molar-refractivity contribution in [3.8, 4) is 0 Å². The van der Waals surface area contributed by atoms with Gasteiger partial charge in [-0.15, -0.1) is 0 Å². The first-order valence-corrected chi connectivity index (χ1v) is 9.73. The molecule has 138 valence electrons. The molecule has 4 nitrogen and oxygen atoms in total. The standard InChI is InChI=1S/C20H23Cl2N3O/c1-15-3-2-4-16(11-15)13-24-7-9-25(10-8-24)14-20(26)23-19-6-5-17(21)12-18(19)22/h2-6,11-12H,7-10,13-14H2,1H3,(H,23,26)/p+2. The molecule has 0 radical (unpaired) electrons. The molecule has 1 amide bonds. The minimum Gasteiger partial charge on any atom is -0.322 e. The van der Waals surface area contributed by atoms with Gasteiger partial charge in [-0.2, -0.15) is 0 Å². The van der Waals surface area contributed by atoms with Gasteiger partial charge in [0.2, 0.25) is 0 Å². The Labute approximate surface area is 164 Å². The van der Waals surface area contributed by atoms with E-state index < -0.39 is 0 Å². The molecule has 2 aromatic carbocycles. The summed E-state index contributed by atoms with van der Waals surface area (Å²) >= 11 is 12.0. The maximum Gasteiger partial charge on any atom is 0.279 e. The van der Waals surface area contributed by atoms with E-state index in [-0.39, 0.29) is 5.91 Å². The van der Waals surface area contributed by atoms with Crippen molar-refractivity contribution < 1.29 is 14.6 Å². The maximum atomic E-state index is 12.3. The topological polar surface area (TPSA) is 38.0 Å². The van der Waals surface area contributed by atoms with Crippen molar-refractivity contribution in [1.82, 2.24) is 0 Å². The summed E-state index contributed by atoms with van der Waals surface area (Å²) in [5.74, 6) is -0.00800. The summed E-state index contributed by atoms with van der Waals surface area (Å²) in [7, 11) is 0. The van der Waals surface area contributed by atoms with Crippen LogP contribution in [0.15, 0.2) is 42.5 Å². The van der Waals surface area contributed by atoms with Gasteiger partial charge in [-0.3, -0.25) is 4.79 Å². The van der Waals surface area contributed by atoms with E-state index in [0.717, 1.165) is 32.7 Å². The fourth-order valence-corrected chi connectivity index (χ4v) is 3.89. The van der Waals surface area contributed by atoms with Gasteiger partial charge < -0.3 is 15.1 Å². The minimum atomic E-state index is -0.00800. The van der Waals surface area contributed by atoms with E-state index in [2.05, 4.69) is 36.5 Å². The molecule has 2 aromatic rings. The Balaban J connectivity index is 1.45. The van der Waals surface area contributed by atoms with Crippen LogP contribution in [0.2, 0.25) is 10.0 Å². The summed E-state index contributed by atoms with van der Waals surface area (Å²) in [5, 5.41) is 3.91. The molecule has 1 saturated heterocycles. The molecule has 26 heavy (non-hydrogen) atoms. The molecule has 1 heterocycles. The monoisotopic (exact) mass is 393 g/mol. The van der Waals surface area contributed by atoms with E-state index in [1.807, 2.05) is 0 Å². The molecule has 1 fully saturated rings. The van der Waals surface area contributed by atoms with Gasteiger partial charge in [-0.25, -0.2) is 0 Å². The predicted octanol–water partition coefficient (Wildman–Crippen LogP) is 1.22. The number of halogens is 2. The van der Waals surface area contributed by atoms with Gasteiger partial charge >= 0.3 is 0 Å². The van der Waals surface area contributed by atoms with Crippen molar-refractivity contribution in [2.24, 2.45) is 0 Å². The highest BCUT2D eigenvalue weighted by molar-refractivity contribution is 6.36. The van der Waals surface area contributed by atoms with Crippen LogP contribution in [0.5, 0.6) is 0 Å². The molecule has 3 N–H and O–H groups in total. The molecule has 0 atom stereocenters. The van der Waals surface area contributed by atoms with E-state index in [9.17, 15) is 4.79 Å². The molecule has 0 aliphatic carbocycles. The van der Waals surface area contributed by atoms with Crippen LogP contribution in [0.4, 0.5) is 5.69 Å². The van der Waals surface area contributed by atoms with Crippen LogP contribution < -0.4 is 15.1 Å². The van der Waals surface area contributed by atoms with Crippen LogP contribution in [0.3, 0.4) is 0 Å². The number of aryl methyl sites for hydroxylation is 1. The summed E-state index contributed by atoms with van der Waals surface area (Å²) in [4.78, 5) is 15.2. The highest BCUT2D eigenvalue weighted by Crippen LogP contribution is 2.25. The second-order valence-corrected chi connectivity index (χ2v) is 7.86. The highest BCUT2D eigenvalue weighted by atomic mass is 35.5. The molecule has 0 saturated carbocycles. The van der Waals surface area contributed by atoms with Gasteiger partial charge in [0.25, 0.3) is 5.91 Å². The Morgan fingerprint density at radius 2 is 1.77 bits per heavy atom. The molecule has 3 rings (SSSR count). The molecule has 1 aliphatic heterocycles. The highest BCUT2D eigenvalue weighted by Gasteiger charge is 2.25. The van der Waals surface area contributed by atoms with Crippen LogP contribution >= 0.6 is 23.2 Å². The summed E-state index contributed by atoms with van der Waals surface area (Å²) in [6, 6.07) is 13.8. The van der Waals surface area contributed by atoms with Gasteiger partial charge in [0, 0.05) is 10.6 Å². The number of piperazine rings is 1. The predicted molar refractivity (Wildman–Crippen MR) is 106 cm³/mol. The van der Waals surface area contributed by atoms with Crippen molar-refractivity contribution >= 4 is 34.8 Å². The SMILES string of the molecule is Cc1cccc(C[NH+]2CC[NH+](CC(=O)Nc3ccc(Cl)cc3Cl)CC2)c1. The number of rotatable bonds is 5. The van der Waals surface area contributed by atoms with Gasteiger partial charge in [0.05, 0.1) is 10.7 Å². The maximum absolute atomic E-state index is 12.3. The van der Waals surface area contributed by atoms with Crippen molar-refractivity contribution in [2.45, 2.75) is 13.5 Å². The van der Waals surface area contributed by atoms with Crippen molar-refractivity contribution in [3.63, 3.8) is 0 Å². The third-order valence-electron chi connectivity index (χ3n) is 4.82. The summed E-state index contributed by atoms with van der Waals surface area (Å²) in [6.45, 7) is 7.83. The second-order valence-electron chi connectivity index (χ2n) is 7.01. The second kappa shape index (κ2) is 8.87. The zero-order valence-corrected chi connectivity index (χ0v) is 16.5. The lowest BCUT2D eigenvalue weighted by molar-refractivity contribution is -1.02. The average Bonchev–Trinajstić information content (AvgIpc) is 2.59.